The fourth-order valence-corrected chi connectivity index (χ4v) is 2.48. The van der Waals surface area contributed by atoms with E-state index in [1.165, 1.54) is 4.90 Å². The number of carbonyl (C=O) groups excluding carboxylic acids is 2. The Morgan fingerprint density at radius 1 is 1.32 bits per heavy atom. The largest absolute Gasteiger partial charge is 0.481 e. The van der Waals surface area contributed by atoms with Crippen LogP contribution in [0.3, 0.4) is 0 Å². The molecule has 0 aromatic heterocycles. The molecule has 10 heteroatoms. The van der Waals surface area contributed by atoms with Gasteiger partial charge in [-0.3, -0.25) is 14.4 Å². The second kappa shape index (κ2) is 7.99. The zero-order valence-corrected chi connectivity index (χ0v) is 12.7. The molecule has 1 rings (SSSR count). The number of aliphatic carboxylic acids is 2. The van der Waals surface area contributed by atoms with Crippen molar-refractivity contribution < 1.29 is 29.4 Å². The van der Waals surface area contributed by atoms with E-state index in [0.29, 0.717) is 12.8 Å². The number of nitrogens with zero attached hydrogens (tertiary/aromatic N) is 1. The zero-order valence-electron chi connectivity index (χ0n) is 11.8. The van der Waals surface area contributed by atoms with Crippen molar-refractivity contribution in [3.05, 3.63) is 0 Å². The van der Waals surface area contributed by atoms with Crippen LogP contribution in [0.2, 0.25) is 0 Å². The number of carboxylic acid groups (broad SMARTS) is 2. The maximum absolute atomic E-state index is 12.3. The van der Waals surface area contributed by atoms with Crippen molar-refractivity contribution in [2.24, 2.45) is 5.73 Å². The molecule has 0 aliphatic carbocycles. The van der Waals surface area contributed by atoms with Gasteiger partial charge in [-0.15, -0.1) is 0 Å². The summed E-state index contributed by atoms with van der Waals surface area (Å²) in [6.07, 6.45) is 0.349. The molecule has 5 N–H and O–H groups in total. The summed E-state index contributed by atoms with van der Waals surface area (Å²) in [5.74, 6) is -3.73. The molecular formula is C12H19N3O6S. The van der Waals surface area contributed by atoms with E-state index in [1.54, 1.807) is 0 Å². The molecule has 1 aliphatic heterocycles. The van der Waals surface area contributed by atoms with E-state index in [4.69, 9.17) is 15.9 Å². The minimum Gasteiger partial charge on any atom is -0.481 e. The second-order valence-electron chi connectivity index (χ2n) is 4.98. The molecule has 9 nitrogen and oxygen atoms in total. The van der Waals surface area contributed by atoms with Gasteiger partial charge in [0.15, 0.2) is 0 Å². The van der Waals surface area contributed by atoms with Gasteiger partial charge in [0.05, 0.1) is 12.5 Å². The lowest BCUT2D eigenvalue weighted by atomic mass is 10.1. The molecule has 1 fully saturated rings. The smallest absolute Gasteiger partial charge is 0.326 e. The average Bonchev–Trinajstić information content (AvgIpc) is 2.92. The number of carbonyl (C=O) groups is 4. The molecule has 1 saturated heterocycles. The van der Waals surface area contributed by atoms with Crippen molar-refractivity contribution in [1.82, 2.24) is 10.2 Å². The van der Waals surface area contributed by atoms with Gasteiger partial charge >= 0.3 is 11.9 Å². The Morgan fingerprint density at radius 3 is 2.45 bits per heavy atom. The highest BCUT2D eigenvalue weighted by Gasteiger charge is 2.37. The second-order valence-corrected chi connectivity index (χ2v) is 5.34. The maximum Gasteiger partial charge on any atom is 0.326 e. The number of rotatable bonds is 7. The highest BCUT2D eigenvalue weighted by Crippen LogP contribution is 2.18. The topological polar surface area (TPSA) is 150 Å². The first-order valence-electron chi connectivity index (χ1n) is 6.69. The van der Waals surface area contributed by atoms with Crippen LogP contribution in [0.5, 0.6) is 0 Å². The van der Waals surface area contributed by atoms with Gasteiger partial charge < -0.3 is 26.2 Å². The van der Waals surface area contributed by atoms with Gasteiger partial charge in [-0.1, -0.05) is 0 Å². The predicted octanol–water partition coefficient (Wildman–Crippen LogP) is -1.72. The van der Waals surface area contributed by atoms with Crippen LogP contribution < -0.4 is 11.1 Å². The monoisotopic (exact) mass is 333 g/mol. The molecule has 0 bridgehead atoms. The first-order chi connectivity index (χ1) is 10.3. The lowest BCUT2D eigenvalue weighted by molar-refractivity contribution is -0.149. The first kappa shape index (κ1) is 18.2. The van der Waals surface area contributed by atoms with Gasteiger partial charge in [-0.25, -0.2) is 4.79 Å². The highest BCUT2D eigenvalue weighted by molar-refractivity contribution is 7.80. The molecule has 124 valence electrons. The van der Waals surface area contributed by atoms with Crippen molar-refractivity contribution in [3.63, 3.8) is 0 Å². The van der Waals surface area contributed by atoms with Crippen molar-refractivity contribution in [2.75, 3.05) is 12.3 Å². The summed E-state index contributed by atoms with van der Waals surface area (Å²) < 4.78 is 0. The van der Waals surface area contributed by atoms with Gasteiger partial charge in [0.2, 0.25) is 11.8 Å². The van der Waals surface area contributed by atoms with E-state index in [0.717, 1.165) is 0 Å². The normalized spacial score (nSPS) is 20.3. The van der Waals surface area contributed by atoms with Crippen LogP contribution in [-0.4, -0.2) is 69.3 Å². The number of hydrogen-bond donors (Lipinski definition) is 5. The van der Waals surface area contributed by atoms with E-state index in [-0.39, 0.29) is 12.3 Å². The summed E-state index contributed by atoms with van der Waals surface area (Å²) in [5.41, 5.74) is 5.41. The lowest BCUT2D eigenvalue weighted by Crippen LogP contribution is -2.55. The molecule has 1 aliphatic rings. The van der Waals surface area contributed by atoms with Crippen LogP contribution in [0.25, 0.3) is 0 Å². The van der Waals surface area contributed by atoms with Crippen LogP contribution in [0.4, 0.5) is 0 Å². The third kappa shape index (κ3) is 4.60. The number of likely N-dealkylation sites (tertiary alicyclic amines) is 1. The summed E-state index contributed by atoms with van der Waals surface area (Å²) in [6.45, 7) is 0.289. The number of carboxylic acids is 2. The third-order valence-electron chi connectivity index (χ3n) is 3.35. The van der Waals surface area contributed by atoms with Crippen molar-refractivity contribution >= 4 is 36.4 Å². The molecular weight excluding hydrogens is 314 g/mol. The minimum absolute atomic E-state index is 0.0484. The molecule has 2 amide bonds. The number of nitrogens with two attached hydrogens (primary N) is 1. The Labute approximate surface area is 132 Å². The van der Waals surface area contributed by atoms with Crippen LogP contribution >= 0.6 is 12.6 Å². The molecule has 1 heterocycles. The Morgan fingerprint density at radius 2 is 1.95 bits per heavy atom. The number of hydrogen-bond acceptors (Lipinski definition) is 6. The van der Waals surface area contributed by atoms with Gasteiger partial charge in [-0.05, 0) is 12.8 Å². The summed E-state index contributed by atoms with van der Waals surface area (Å²) in [4.78, 5) is 46.9. The van der Waals surface area contributed by atoms with E-state index in [2.05, 4.69) is 17.9 Å². The summed E-state index contributed by atoms with van der Waals surface area (Å²) in [7, 11) is 0. The number of amides is 2. The Hall–Kier alpha value is -1.81. The number of thiol groups is 1. The van der Waals surface area contributed by atoms with E-state index < -0.39 is 48.3 Å². The quantitative estimate of drug-likeness (QED) is 0.348. The zero-order chi connectivity index (χ0) is 16.9. The van der Waals surface area contributed by atoms with Gasteiger partial charge in [0, 0.05) is 12.3 Å². The van der Waals surface area contributed by atoms with E-state index in [1.807, 2.05) is 0 Å². The molecule has 0 saturated carbocycles. The molecule has 0 radical (unpaired) electrons. The van der Waals surface area contributed by atoms with Gasteiger partial charge in [0.1, 0.15) is 12.1 Å². The first-order valence-corrected chi connectivity index (χ1v) is 7.33. The van der Waals surface area contributed by atoms with E-state index in [9.17, 15) is 19.2 Å². The molecule has 22 heavy (non-hydrogen) atoms. The molecule has 3 atom stereocenters. The van der Waals surface area contributed by atoms with Gasteiger partial charge in [-0.2, -0.15) is 12.6 Å². The molecule has 0 aromatic rings. The van der Waals surface area contributed by atoms with Crippen LogP contribution in [0, 0.1) is 0 Å². The van der Waals surface area contributed by atoms with Crippen molar-refractivity contribution in [2.45, 2.75) is 37.4 Å². The predicted molar refractivity (Wildman–Crippen MR) is 78.4 cm³/mol. The fourth-order valence-electron chi connectivity index (χ4n) is 2.23. The lowest BCUT2D eigenvalue weighted by Gasteiger charge is -2.27. The fraction of sp³-hybridized carbons (Fsp3) is 0.667. The standard InChI is InChI=1S/C12H19N3O6S/c13-6(4-9(16)17)10(18)14-7(5-22)11(19)15-3-1-2-8(15)12(20)21/h6-8,22H,1-5,13H2,(H,14,18)(H,16,17)(H,20,21)/t6-,7-,8+/m0/s1. The van der Waals surface area contributed by atoms with Gasteiger partial charge in [0.25, 0.3) is 0 Å². The SMILES string of the molecule is N[C@@H](CC(=O)O)C(=O)N[C@@H](CS)C(=O)N1CCC[C@@H]1C(=O)O. The number of nitrogens with one attached hydrogen (secondary N) is 1. The summed E-state index contributed by atoms with van der Waals surface area (Å²) in [5, 5.41) is 20.0. The van der Waals surface area contributed by atoms with E-state index >= 15 is 0 Å². The summed E-state index contributed by atoms with van der Waals surface area (Å²) >= 11 is 3.98. The highest BCUT2D eigenvalue weighted by atomic mass is 32.1. The van der Waals surface area contributed by atoms with Crippen LogP contribution in [-0.2, 0) is 19.2 Å². The maximum atomic E-state index is 12.3. The summed E-state index contributed by atoms with van der Waals surface area (Å²) in [6, 6.07) is -3.25. The van der Waals surface area contributed by atoms with Crippen LogP contribution in [0.15, 0.2) is 0 Å². The Bertz CT molecular complexity index is 472. The molecule has 0 spiro atoms. The average molecular weight is 333 g/mol. The molecule has 0 aromatic carbocycles. The third-order valence-corrected chi connectivity index (χ3v) is 3.71. The minimum atomic E-state index is -1.29. The van der Waals surface area contributed by atoms with Crippen molar-refractivity contribution in [1.29, 1.82) is 0 Å². The Kier molecular flexibility index (Phi) is 6.62. The van der Waals surface area contributed by atoms with Crippen molar-refractivity contribution in [3.8, 4) is 0 Å². The molecule has 0 unspecified atom stereocenters. The Balaban J connectivity index is 2.70. The van der Waals surface area contributed by atoms with Crippen LogP contribution in [0.1, 0.15) is 19.3 Å².